The van der Waals surface area contributed by atoms with Crippen LogP contribution in [-0.2, 0) is 17.9 Å². The van der Waals surface area contributed by atoms with E-state index in [-0.39, 0.29) is 24.5 Å². The van der Waals surface area contributed by atoms with E-state index in [1.54, 1.807) is 13.3 Å². The Morgan fingerprint density at radius 1 is 1.46 bits per heavy atom. The molecule has 26 heavy (non-hydrogen) atoms. The Labute approximate surface area is 153 Å². The number of imidazole rings is 1. The van der Waals surface area contributed by atoms with Gasteiger partial charge in [0, 0.05) is 43.4 Å². The second-order valence-corrected chi connectivity index (χ2v) is 7.21. The van der Waals surface area contributed by atoms with Gasteiger partial charge < -0.3 is 19.7 Å². The molecule has 2 N–H and O–H groups in total. The van der Waals surface area contributed by atoms with Gasteiger partial charge in [0.1, 0.15) is 18.1 Å². The molecule has 3 aromatic rings. The van der Waals surface area contributed by atoms with Crippen molar-refractivity contribution in [3.05, 3.63) is 35.1 Å². The lowest BCUT2D eigenvalue weighted by Gasteiger charge is -2.35. The van der Waals surface area contributed by atoms with E-state index >= 15 is 0 Å². The number of carbonyl (C=O) groups excluding carboxylic acids is 1. The van der Waals surface area contributed by atoms with Crippen molar-refractivity contribution >= 4 is 22.2 Å². The number of aliphatic hydroxyl groups is 1. The van der Waals surface area contributed by atoms with Crippen molar-refractivity contribution in [1.82, 2.24) is 29.5 Å². The molecule has 9 nitrogen and oxygen atoms in total. The van der Waals surface area contributed by atoms with Crippen LogP contribution in [0.1, 0.15) is 40.9 Å². The van der Waals surface area contributed by atoms with E-state index in [4.69, 9.17) is 4.74 Å². The molecular formula is C16H20N6O3S. The van der Waals surface area contributed by atoms with Crippen LogP contribution in [-0.4, -0.2) is 54.9 Å². The molecule has 0 radical (unpaired) electrons. The Hall–Kier alpha value is -2.30. The maximum Gasteiger partial charge on any atom is 0.271 e. The van der Waals surface area contributed by atoms with Crippen molar-refractivity contribution in [3.8, 4) is 0 Å². The molecule has 3 aromatic heterocycles. The Balaban J connectivity index is 1.37. The molecule has 1 aliphatic carbocycles. The van der Waals surface area contributed by atoms with Crippen molar-refractivity contribution in [2.45, 2.75) is 38.0 Å². The first-order valence-corrected chi connectivity index (χ1v) is 9.32. The quantitative estimate of drug-likeness (QED) is 0.632. The van der Waals surface area contributed by atoms with Gasteiger partial charge in [0.25, 0.3) is 5.91 Å². The number of nitrogens with one attached hydrogen (secondary N) is 1. The predicted molar refractivity (Wildman–Crippen MR) is 94.1 cm³/mol. The third-order valence-electron chi connectivity index (χ3n) is 4.68. The van der Waals surface area contributed by atoms with E-state index in [1.165, 1.54) is 11.3 Å². The molecular weight excluding hydrogens is 356 g/mol. The fourth-order valence-electron chi connectivity index (χ4n) is 3.24. The highest BCUT2D eigenvalue weighted by Gasteiger charge is 2.35. The van der Waals surface area contributed by atoms with Crippen molar-refractivity contribution in [2.24, 2.45) is 0 Å². The summed E-state index contributed by atoms with van der Waals surface area (Å²) in [4.78, 5) is 17.5. The monoisotopic (exact) mass is 376 g/mol. The number of thiazole rings is 1. The molecule has 0 bridgehead atoms. The third kappa shape index (κ3) is 3.11. The number of ether oxygens (including phenoxy) is 1. The molecule has 0 atom stereocenters. The van der Waals surface area contributed by atoms with E-state index in [1.807, 2.05) is 20.5 Å². The molecule has 1 amide bonds. The van der Waals surface area contributed by atoms with E-state index in [0.717, 1.165) is 23.6 Å². The summed E-state index contributed by atoms with van der Waals surface area (Å²) in [6, 6.07) is 0.0948. The summed E-state index contributed by atoms with van der Waals surface area (Å²) in [5.41, 5.74) is 0.436. The number of rotatable bonds is 7. The minimum absolute atomic E-state index is 0.0948. The zero-order valence-electron chi connectivity index (χ0n) is 14.3. The lowest BCUT2D eigenvalue weighted by molar-refractivity contribution is 0.0901. The first-order valence-electron chi connectivity index (χ1n) is 8.44. The highest BCUT2D eigenvalue weighted by molar-refractivity contribution is 7.15. The molecule has 1 saturated carbocycles. The SMILES string of the molecule is COCCn1c(CO)nnc1C1CC(NC(=O)c2cn3ccsc3n2)C1. The molecule has 3 heterocycles. The van der Waals surface area contributed by atoms with Crippen molar-refractivity contribution < 1.29 is 14.6 Å². The van der Waals surface area contributed by atoms with E-state index < -0.39 is 0 Å². The number of nitrogens with zero attached hydrogens (tertiary/aromatic N) is 5. The van der Waals surface area contributed by atoms with Crippen LogP contribution >= 0.6 is 11.3 Å². The standard InChI is InChI=1S/C16H20N6O3S/c1-25-4-2-22-13(9-23)19-20-14(22)10-6-11(7-10)17-15(24)12-8-21-3-5-26-16(21)18-12/h3,5,8,10-11,23H,2,4,6-7,9H2,1H3,(H,17,24). The van der Waals surface area contributed by atoms with E-state index in [9.17, 15) is 9.90 Å². The number of fused-ring (bicyclic) bond motifs is 1. The number of carbonyl (C=O) groups is 1. The maximum absolute atomic E-state index is 12.4. The summed E-state index contributed by atoms with van der Waals surface area (Å²) >= 11 is 1.50. The molecule has 4 rings (SSSR count). The molecule has 1 fully saturated rings. The first kappa shape index (κ1) is 17.1. The first-order chi connectivity index (χ1) is 12.7. The summed E-state index contributed by atoms with van der Waals surface area (Å²) in [6.07, 6.45) is 5.22. The summed E-state index contributed by atoms with van der Waals surface area (Å²) in [5.74, 6) is 1.46. The van der Waals surface area contributed by atoms with Gasteiger partial charge in [-0.3, -0.25) is 9.20 Å². The molecule has 0 unspecified atom stereocenters. The Kier molecular flexibility index (Phi) is 4.70. The minimum Gasteiger partial charge on any atom is -0.388 e. The van der Waals surface area contributed by atoms with Crippen LogP contribution in [0.25, 0.3) is 4.96 Å². The highest BCUT2D eigenvalue weighted by atomic mass is 32.1. The van der Waals surface area contributed by atoms with Gasteiger partial charge in [0.15, 0.2) is 10.8 Å². The van der Waals surface area contributed by atoms with Gasteiger partial charge in [-0.25, -0.2) is 4.98 Å². The number of hydrogen-bond acceptors (Lipinski definition) is 7. The van der Waals surface area contributed by atoms with Crippen molar-refractivity contribution in [1.29, 1.82) is 0 Å². The maximum atomic E-state index is 12.4. The van der Waals surface area contributed by atoms with Crippen molar-refractivity contribution in [2.75, 3.05) is 13.7 Å². The zero-order valence-corrected chi connectivity index (χ0v) is 15.1. The van der Waals surface area contributed by atoms with Gasteiger partial charge in [0.2, 0.25) is 0 Å². The van der Waals surface area contributed by atoms with Gasteiger partial charge >= 0.3 is 0 Å². The van der Waals surface area contributed by atoms with Crippen molar-refractivity contribution in [3.63, 3.8) is 0 Å². The van der Waals surface area contributed by atoms with Crippen LogP contribution in [0.3, 0.4) is 0 Å². The summed E-state index contributed by atoms with van der Waals surface area (Å²) in [5, 5.41) is 22.6. The lowest BCUT2D eigenvalue weighted by Crippen LogP contribution is -2.44. The second kappa shape index (κ2) is 7.14. The average Bonchev–Trinajstić information content (AvgIpc) is 3.29. The zero-order chi connectivity index (χ0) is 18.1. The summed E-state index contributed by atoms with van der Waals surface area (Å²) in [7, 11) is 1.64. The average molecular weight is 376 g/mol. The molecule has 0 aromatic carbocycles. The molecule has 0 spiro atoms. The van der Waals surface area contributed by atoms with Crippen LogP contribution < -0.4 is 5.32 Å². The number of aliphatic hydroxyl groups excluding tert-OH is 1. The third-order valence-corrected chi connectivity index (χ3v) is 5.45. The number of hydrogen-bond donors (Lipinski definition) is 2. The van der Waals surface area contributed by atoms with Crippen LogP contribution in [0.15, 0.2) is 17.8 Å². The Bertz CT molecular complexity index is 882. The normalized spacial score (nSPS) is 19.6. The predicted octanol–water partition coefficient (Wildman–Crippen LogP) is 0.802. The molecule has 10 heteroatoms. The van der Waals surface area contributed by atoms with Crippen LogP contribution in [0.2, 0.25) is 0 Å². The number of amides is 1. The Morgan fingerprint density at radius 3 is 3.04 bits per heavy atom. The largest absolute Gasteiger partial charge is 0.388 e. The van der Waals surface area contributed by atoms with Crippen LogP contribution in [0.4, 0.5) is 0 Å². The smallest absolute Gasteiger partial charge is 0.271 e. The summed E-state index contributed by atoms with van der Waals surface area (Å²) in [6.45, 7) is 0.983. The van der Waals surface area contributed by atoms with Gasteiger partial charge in [-0.1, -0.05) is 0 Å². The van der Waals surface area contributed by atoms with Gasteiger partial charge in [-0.05, 0) is 12.8 Å². The second-order valence-electron chi connectivity index (χ2n) is 6.33. The number of aromatic nitrogens is 5. The van der Waals surface area contributed by atoms with Crippen LogP contribution in [0.5, 0.6) is 0 Å². The molecule has 138 valence electrons. The van der Waals surface area contributed by atoms with Gasteiger partial charge in [-0.15, -0.1) is 21.5 Å². The summed E-state index contributed by atoms with van der Waals surface area (Å²) < 4.78 is 8.88. The van der Waals surface area contributed by atoms with Crippen LogP contribution in [0, 0.1) is 0 Å². The molecule has 1 aliphatic rings. The minimum atomic E-state index is -0.152. The van der Waals surface area contributed by atoms with Gasteiger partial charge in [-0.2, -0.15) is 0 Å². The molecule has 0 aliphatic heterocycles. The lowest BCUT2D eigenvalue weighted by atomic mass is 9.79. The Morgan fingerprint density at radius 2 is 2.31 bits per heavy atom. The number of methoxy groups -OCH3 is 1. The van der Waals surface area contributed by atoms with E-state index in [2.05, 4.69) is 20.5 Å². The van der Waals surface area contributed by atoms with E-state index in [0.29, 0.717) is 24.7 Å². The van der Waals surface area contributed by atoms with Gasteiger partial charge in [0.05, 0.1) is 6.61 Å². The fourth-order valence-corrected chi connectivity index (χ4v) is 3.94. The highest BCUT2D eigenvalue weighted by Crippen LogP contribution is 2.36. The fraction of sp³-hybridized carbons (Fsp3) is 0.500. The molecule has 0 saturated heterocycles. The topological polar surface area (TPSA) is 107 Å².